The molecule has 0 saturated carbocycles. The number of carbonyl (C=O) groups excluding carboxylic acids is 1. The van der Waals surface area contributed by atoms with E-state index in [1.54, 1.807) is 12.1 Å². The molecule has 152 valence electrons. The van der Waals surface area contributed by atoms with Crippen LogP contribution in [0.15, 0.2) is 47.4 Å². The normalized spacial score (nSPS) is 14.8. The Balaban J connectivity index is 0.00000280. The Bertz CT molecular complexity index is 951. The van der Waals surface area contributed by atoms with Gasteiger partial charge in [0.05, 0.1) is 4.90 Å². The predicted octanol–water partition coefficient (Wildman–Crippen LogP) is 2.67. The molecule has 6 nitrogen and oxygen atoms in total. The number of rotatable bonds is 5. The van der Waals surface area contributed by atoms with Crippen molar-refractivity contribution in [1.29, 1.82) is 0 Å². The molecule has 0 spiro atoms. The highest BCUT2D eigenvalue weighted by Crippen LogP contribution is 2.19. The maximum absolute atomic E-state index is 13.3. The highest BCUT2D eigenvalue weighted by atomic mass is 35.5. The topological polar surface area (TPSA) is 87.3 Å². The largest absolute Gasteiger partial charge is 0.349 e. The van der Waals surface area contributed by atoms with Gasteiger partial charge in [0.15, 0.2) is 11.6 Å². The minimum atomic E-state index is -4.12. The van der Waals surface area contributed by atoms with Gasteiger partial charge in [-0.3, -0.25) is 9.52 Å². The van der Waals surface area contributed by atoms with E-state index in [4.69, 9.17) is 0 Å². The molecular formula is C18H20ClF2N3O3S. The van der Waals surface area contributed by atoms with Gasteiger partial charge in [-0.05, 0) is 62.3 Å². The van der Waals surface area contributed by atoms with E-state index >= 15 is 0 Å². The third-order valence-corrected chi connectivity index (χ3v) is 5.63. The number of piperidine rings is 1. The Morgan fingerprint density at radius 3 is 2.43 bits per heavy atom. The molecule has 1 aliphatic rings. The van der Waals surface area contributed by atoms with Crippen molar-refractivity contribution >= 4 is 34.0 Å². The average molecular weight is 432 g/mol. The molecule has 10 heteroatoms. The third-order valence-electron chi connectivity index (χ3n) is 4.25. The lowest BCUT2D eigenvalue weighted by Crippen LogP contribution is -2.42. The fourth-order valence-corrected chi connectivity index (χ4v) is 3.88. The number of hydrogen-bond acceptors (Lipinski definition) is 4. The van der Waals surface area contributed by atoms with Gasteiger partial charge in [-0.25, -0.2) is 17.2 Å². The first kappa shape index (κ1) is 22.1. The molecule has 0 radical (unpaired) electrons. The molecule has 1 fully saturated rings. The number of benzene rings is 2. The number of anilines is 1. The molecule has 3 rings (SSSR count). The van der Waals surface area contributed by atoms with E-state index in [0.717, 1.165) is 38.1 Å². The van der Waals surface area contributed by atoms with Crippen LogP contribution >= 0.6 is 12.4 Å². The molecule has 2 aromatic carbocycles. The molecule has 0 aliphatic carbocycles. The summed E-state index contributed by atoms with van der Waals surface area (Å²) < 4.78 is 53.3. The van der Waals surface area contributed by atoms with Gasteiger partial charge in [0.2, 0.25) is 0 Å². The number of sulfonamides is 1. The van der Waals surface area contributed by atoms with Crippen molar-refractivity contribution < 1.29 is 22.0 Å². The van der Waals surface area contributed by atoms with Gasteiger partial charge in [0.1, 0.15) is 0 Å². The van der Waals surface area contributed by atoms with Crippen LogP contribution in [0.2, 0.25) is 0 Å². The first-order chi connectivity index (χ1) is 12.8. The van der Waals surface area contributed by atoms with Gasteiger partial charge < -0.3 is 10.6 Å². The van der Waals surface area contributed by atoms with Crippen molar-refractivity contribution in [3.63, 3.8) is 0 Å². The summed E-state index contributed by atoms with van der Waals surface area (Å²) in [6.07, 6.45) is 1.66. The van der Waals surface area contributed by atoms with Crippen LogP contribution in [0.25, 0.3) is 0 Å². The molecule has 0 bridgehead atoms. The molecule has 2 aromatic rings. The van der Waals surface area contributed by atoms with Crippen molar-refractivity contribution in [3.8, 4) is 0 Å². The fourth-order valence-electron chi connectivity index (χ4n) is 2.82. The minimum absolute atomic E-state index is 0. The Morgan fingerprint density at radius 2 is 1.75 bits per heavy atom. The van der Waals surface area contributed by atoms with Crippen molar-refractivity contribution in [2.45, 2.75) is 23.8 Å². The van der Waals surface area contributed by atoms with Crippen LogP contribution in [0.3, 0.4) is 0 Å². The first-order valence-corrected chi connectivity index (χ1v) is 9.93. The first-order valence-electron chi connectivity index (χ1n) is 8.45. The number of carbonyl (C=O) groups is 1. The smallest absolute Gasteiger partial charge is 0.261 e. The lowest BCUT2D eigenvalue weighted by Gasteiger charge is -2.23. The van der Waals surface area contributed by atoms with E-state index in [-0.39, 0.29) is 30.0 Å². The van der Waals surface area contributed by atoms with Crippen LogP contribution in [-0.2, 0) is 10.0 Å². The highest BCUT2D eigenvalue weighted by Gasteiger charge is 2.19. The zero-order valence-corrected chi connectivity index (χ0v) is 16.4. The lowest BCUT2D eigenvalue weighted by molar-refractivity contribution is 0.0929. The molecule has 0 atom stereocenters. The summed E-state index contributed by atoms with van der Waals surface area (Å²) in [6, 6.07) is 8.37. The van der Waals surface area contributed by atoms with Crippen molar-refractivity contribution in [2.75, 3.05) is 17.8 Å². The molecular weight excluding hydrogens is 412 g/mol. The quantitative estimate of drug-likeness (QED) is 0.679. The molecule has 1 amide bonds. The summed E-state index contributed by atoms with van der Waals surface area (Å²) >= 11 is 0. The Morgan fingerprint density at radius 1 is 1.04 bits per heavy atom. The van der Waals surface area contributed by atoms with E-state index in [2.05, 4.69) is 15.4 Å². The van der Waals surface area contributed by atoms with Crippen LogP contribution in [0.1, 0.15) is 23.2 Å². The van der Waals surface area contributed by atoms with Gasteiger partial charge in [0.25, 0.3) is 15.9 Å². The zero-order valence-electron chi connectivity index (χ0n) is 14.7. The minimum Gasteiger partial charge on any atom is -0.349 e. The molecule has 0 aromatic heterocycles. The Kier molecular flexibility index (Phi) is 7.34. The molecule has 28 heavy (non-hydrogen) atoms. The molecule has 1 aliphatic heterocycles. The van der Waals surface area contributed by atoms with Crippen molar-refractivity contribution in [3.05, 3.63) is 59.7 Å². The van der Waals surface area contributed by atoms with Gasteiger partial charge in [-0.1, -0.05) is 6.07 Å². The van der Waals surface area contributed by atoms with Crippen molar-refractivity contribution in [2.24, 2.45) is 0 Å². The van der Waals surface area contributed by atoms with Crippen LogP contribution in [-0.4, -0.2) is 33.5 Å². The summed E-state index contributed by atoms with van der Waals surface area (Å²) in [5, 5.41) is 6.13. The van der Waals surface area contributed by atoms with E-state index in [9.17, 15) is 22.0 Å². The van der Waals surface area contributed by atoms with E-state index in [0.29, 0.717) is 11.6 Å². The maximum Gasteiger partial charge on any atom is 0.261 e. The lowest BCUT2D eigenvalue weighted by atomic mass is 10.1. The Labute approximate surface area is 168 Å². The summed E-state index contributed by atoms with van der Waals surface area (Å²) in [6.45, 7) is 1.66. The second kappa shape index (κ2) is 9.31. The maximum atomic E-state index is 13.3. The number of halogens is 3. The second-order valence-electron chi connectivity index (χ2n) is 6.26. The third kappa shape index (κ3) is 5.40. The molecule has 1 saturated heterocycles. The van der Waals surface area contributed by atoms with Gasteiger partial charge in [0, 0.05) is 17.3 Å². The average Bonchev–Trinajstić information content (AvgIpc) is 2.64. The van der Waals surface area contributed by atoms with Gasteiger partial charge >= 0.3 is 0 Å². The number of hydrogen-bond donors (Lipinski definition) is 3. The van der Waals surface area contributed by atoms with E-state index < -0.39 is 26.6 Å². The van der Waals surface area contributed by atoms with Crippen LogP contribution < -0.4 is 15.4 Å². The predicted molar refractivity (Wildman–Crippen MR) is 104 cm³/mol. The van der Waals surface area contributed by atoms with Gasteiger partial charge in [-0.2, -0.15) is 0 Å². The zero-order chi connectivity index (χ0) is 19.4. The Hall–Kier alpha value is -2.23. The molecule has 1 heterocycles. The molecule has 0 unspecified atom stereocenters. The standard InChI is InChI=1S/C18H19F2N3O3S.ClH/c19-16-5-4-15(11-17(16)20)27(25,26)23-14-3-1-2-12(10-14)18(24)22-13-6-8-21-9-7-13;/h1-5,10-11,13,21,23H,6-9H2,(H,22,24);1H. The van der Waals surface area contributed by atoms with Crippen molar-refractivity contribution in [1.82, 2.24) is 10.6 Å². The number of nitrogens with one attached hydrogen (secondary N) is 3. The van der Waals surface area contributed by atoms with Gasteiger partial charge in [-0.15, -0.1) is 12.4 Å². The second-order valence-corrected chi connectivity index (χ2v) is 7.94. The van der Waals surface area contributed by atoms with Crippen LogP contribution in [0, 0.1) is 11.6 Å². The molecule has 3 N–H and O–H groups in total. The number of amides is 1. The van der Waals surface area contributed by atoms with E-state index in [1.807, 2.05) is 0 Å². The summed E-state index contributed by atoms with van der Waals surface area (Å²) in [5.41, 5.74) is 0.455. The summed E-state index contributed by atoms with van der Waals surface area (Å²) in [4.78, 5) is 12.0. The highest BCUT2D eigenvalue weighted by molar-refractivity contribution is 7.92. The van der Waals surface area contributed by atoms with Crippen LogP contribution in [0.5, 0.6) is 0 Å². The van der Waals surface area contributed by atoms with Crippen LogP contribution in [0.4, 0.5) is 14.5 Å². The summed E-state index contributed by atoms with van der Waals surface area (Å²) in [5.74, 6) is -2.69. The SMILES string of the molecule is Cl.O=C(NC1CCNCC1)c1cccc(NS(=O)(=O)c2ccc(F)c(F)c2)c1. The fraction of sp³-hybridized carbons (Fsp3) is 0.278. The summed E-state index contributed by atoms with van der Waals surface area (Å²) in [7, 11) is -4.12. The monoisotopic (exact) mass is 431 g/mol. The van der Waals surface area contributed by atoms with E-state index in [1.165, 1.54) is 12.1 Å².